The zero-order valence-corrected chi connectivity index (χ0v) is 10.9. The van der Waals surface area contributed by atoms with Gasteiger partial charge >= 0.3 is 0 Å². The molecule has 0 fully saturated rings. The van der Waals surface area contributed by atoms with E-state index >= 15 is 0 Å². The summed E-state index contributed by atoms with van der Waals surface area (Å²) in [5.74, 6) is 0. The Morgan fingerprint density at radius 3 is 2.50 bits per heavy atom. The van der Waals surface area contributed by atoms with Gasteiger partial charge < -0.3 is 15.7 Å². The van der Waals surface area contributed by atoms with Gasteiger partial charge in [-0.3, -0.25) is 10.1 Å². The molecule has 3 N–H and O–H groups in total. The Morgan fingerprint density at radius 1 is 1.50 bits per heavy atom. The quantitative estimate of drug-likeness (QED) is 0.474. The molecule has 0 radical (unpaired) electrons. The molecule has 18 heavy (non-hydrogen) atoms. The van der Waals surface area contributed by atoms with Crippen LogP contribution in [0.1, 0.15) is 20.8 Å². The van der Waals surface area contributed by atoms with E-state index in [0.717, 1.165) is 5.69 Å². The first-order valence-electron chi connectivity index (χ1n) is 5.76. The van der Waals surface area contributed by atoms with E-state index in [-0.39, 0.29) is 11.4 Å². The summed E-state index contributed by atoms with van der Waals surface area (Å²) in [6.07, 6.45) is 0. The van der Waals surface area contributed by atoms with Crippen LogP contribution >= 0.6 is 0 Å². The summed E-state index contributed by atoms with van der Waals surface area (Å²) in [7, 11) is 0. The first-order chi connectivity index (χ1) is 8.24. The molecule has 0 heterocycles. The van der Waals surface area contributed by atoms with Crippen molar-refractivity contribution in [3.05, 3.63) is 28.3 Å². The zero-order valence-electron chi connectivity index (χ0n) is 10.9. The van der Waals surface area contributed by atoms with Gasteiger partial charge in [-0.2, -0.15) is 0 Å². The van der Waals surface area contributed by atoms with Crippen molar-refractivity contribution in [2.75, 3.05) is 23.7 Å². The number of nitro benzene ring substituents is 1. The van der Waals surface area contributed by atoms with Crippen LogP contribution in [-0.4, -0.2) is 28.7 Å². The number of anilines is 2. The standard InChI is InChI=1S/C12H19N3O3/c1-4-14(8-12(2,3)16)9-5-6-11(15(17)18)10(13)7-9/h5-7,16H,4,8,13H2,1-3H3. The third-order valence-corrected chi connectivity index (χ3v) is 2.53. The fraction of sp³-hybridized carbons (Fsp3) is 0.500. The average molecular weight is 253 g/mol. The number of likely N-dealkylation sites (N-methyl/N-ethyl adjacent to an activating group) is 1. The smallest absolute Gasteiger partial charge is 0.292 e. The molecular weight excluding hydrogens is 234 g/mol. The lowest BCUT2D eigenvalue weighted by Gasteiger charge is -2.30. The van der Waals surface area contributed by atoms with E-state index in [2.05, 4.69) is 0 Å². The summed E-state index contributed by atoms with van der Waals surface area (Å²) in [5.41, 5.74) is 5.61. The molecule has 0 saturated carbocycles. The fourth-order valence-corrected chi connectivity index (χ4v) is 1.76. The Morgan fingerprint density at radius 2 is 2.11 bits per heavy atom. The molecular formula is C12H19N3O3. The minimum Gasteiger partial charge on any atom is -0.393 e. The molecule has 1 aromatic carbocycles. The van der Waals surface area contributed by atoms with Gasteiger partial charge in [0.25, 0.3) is 5.69 Å². The Bertz CT molecular complexity index is 441. The second-order valence-electron chi connectivity index (χ2n) is 4.83. The van der Waals surface area contributed by atoms with Gasteiger partial charge in [-0.25, -0.2) is 0 Å². The number of nitrogen functional groups attached to an aromatic ring is 1. The topological polar surface area (TPSA) is 92.6 Å². The Labute approximate surface area is 106 Å². The molecule has 0 bridgehead atoms. The molecule has 6 heteroatoms. The zero-order chi connectivity index (χ0) is 13.9. The van der Waals surface area contributed by atoms with Crippen LogP contribution in [0, 0.1) is 10.1 Å². The maximum atomic E-state index is 10.7. The molecule has 1 aromatic rings. The monoisotopic (exact) mass is 253 g/mol. The number of aliphatic hydroxyl groups is 1. The van der Waals surface area contributed by atoms with Crippen LogP contribution in [0.25, 0.3) is 0 Å². The van der Waals surface area contributed by atoms with Crippen LogP contribution in [-0.2, 0) is 0 Å². The van der Waals surface area contributed by atoms with Crippen LogP contribution in [0.15, 0.2) is 18.2 Å². The van der Waals surface area contributed by atoms with E-state index in [1.165, 1.54) is 6.07 Å². The largest absolute Gasteiger partial charge is 0.393 e. The predicted octanol–water partition coefficient (Wildman–Crippen LogP) is 1.77. The lowest BCUT2D eigenvalue weighted by molar-refractivity contribution is -0.383. The maximum Gasteiger partial charge on any atom is 0.292 e. The molecule has 0 aliphatic rings. The van der Waals surface area contributed by atoms with Crippen molar-refractivity contribution in [3.63, 3.8) is 0 Å². The Hall–Kier alpha value is -1.82. The summed E-state index contributed by atoms with van der Waals surface area (Å²) in [4.78, 5) is 12.1. The van der Waals surface area contributed by atoms with Gasteiger partial charge in [0.2, 0.25) is 0 Å². The van der Waals surface area contributed by atoms with Crippen LogP contribution in [0.4, 0.5) is 17.1 Å². The Balaban J connectivity index is 3.01. The van der Waals surface area contributed by atoms with Crippen molar-refractivity contribution < 1.29 is 10.0 Å². The second kappa shape index (κ2) is 5.22. The molecule has 1 rings (SSSR count). The molecule has 0 unspecified atom stereocenters. The summed E-state index contributed by atoms with van der Waals surface area (Å²) >= 11 is 0. The predicted molar refractivity (Wildman–Crippen MR) is 71.7 cm³/mol. The van der Waals surface area contributed by atoms with Gasteiger partial charge in [-0.15, -0.1) is 0 Å². The number of hydrogen-bond donors (Lipinski definition) is 2. The van der Waals surface area contributed by atoms with Gasteiger partial charge in [0.1, 0.15) is 5.69 Å². The highest BCUT2D eigenvalue weighted by molar-refractivity contribution is 5.66. The Kier molecular flexibility index (Phi) is 4.13. The average Bonchev–Trinajstić information content (AvgIpc) is 2.24. The van der Waals surface area contributed by atoms with Crippen LogP contribution in [0.3, 0.4) is 0 Å². The van der Waals surface area contributed by atoms with Crippen LogP contribution in [0.2, 0.25) is 0 Å². The van der Waals surface area contributed by atoms with Crippen LogP contribution < -0.4 is 10.6 Å². The van der Waals surface area contributed by atoms with E-state index < -0.39 is 10.5 Å². The van der Waals surface area contributed by atoms with E-state index in [1.807, 2.05) is 11.8 Å². The molecule has 0 spiro atoms. The van der Waals surface area contributed by atoms with Gasteiger partial charge in [0, 0.05) is 24.8 Å². The normalized spacial score (nSPS) is 11.3. The lowest BCUT2D eigenvalue weighted by Crippen LogP contribution is -2.38. The van der Waals surface area contributed by atoms with Gasteiger partial charge in [0.05, 0.1) is 10.5 Å². The first kappa shape index (κ1) is 14.2. The molecule has 0 atom stereocenters. The van der Waals surface area contributed by atoms with Gasteiger partial charge in [-0.1, -0.05) is 0 Å². The van der Waals surface area contributed by atoms with E-state index in [4.69, 9.17) is 5.73 Å². The number of nitro groups is 1. The van der Waals surface area contributed by atoms with Gasteiger partial charge in [0.15, 0.2) is 0 Å². The van der Waals surface area contributed by atoms with Crippen molar-refractivity contribution in [1.29, 1.82) is 0 Å². The molecule has 6 nitrogen and oxygen atoms in total. The molecule has 0 aromatic heterocycles. The maximum absolute atomic E-state index is 10.7. The molecule has 0 saturated heterocycles. The highest BCUT2D eigenvalue weighted by atomic mass is 16.6. The van der Waals surface area contributed by atoms with Crippen LogP contribution in [0.5, 0.6) is 0 Å². The third kappa shape index (κ3) is 3.59. The van der Waals surface area contributed by atoms with Crippen molar-refractivity contribution in [3.8, 4) is 0 Å². The van der Waals surface area contributed by atoms with E-state index in [9.17, 15) is 15.2 Å². The summed E-state index contributed by atoms with van der Waals surface area (Å²) in [6, 6.07) is 4.59. The molecule has 0 aliphatic heterocycles. The molecule has 0 amide bonds. The molecule has 100 valence electrons. The lowest BCUT2D eigenvalue weighted by atomic mass is 10.1. The summed E-state index contributed by atoms with van der Waals surface area (Å²) in [5, 5.41) is 20.5. The fourth-order valence-electron chi connectivity index (χ4n) is 1.76. The third-order valence-electron chi connectivity index (χ3n) is 2.53. The number of hydrogen-bond acceptors (Lipinski definition) is 5. The van der Waals surface area contributed by atoms with Crippen molar-refractivity contribution in [1.82, 2.24) is 0 Å². The number of rotatable bonds is 5. The molecule has 0 aliphatic carbocycles. The first-order valence-corrected chi connectivity index (χ1v) is 5.76. The summed E-state index contributed by atoms with van der Waals surface area (Å²) < 4.78 is 0. The van der Waals surface area contributed by atoms with E-state index in [0.29, 0.717) is 13.1 Å². The van der Waals surface area contributed by atoms with Gasteiger partial charge in [-0.05, 0) is 32.9 Å². The number of benzene rings is 1. The summed E-state index contributed by atoms with van der Waals surface area (Å²) in [6.45, 7) is 6.49. The highest BCUT2D eigenvalue weighted by Crippen LogP contribution is 2.27. The van der Waals surface area contributed by atoms with E-state index in [1.54, 1.807) is 26.0 Å². The number of nitrogens with two attached hydrogens (primary N) is 1. The number of nitrogens with zero attached hydrogens (tertiary/aromatic N) is 2. The second-order valence-corrected chi connectivity index (χ2v) is 4.83. The highest BCUT2D eigenvalue weighted by Gasteiger charge is 2.19. The van der Waals surface area contributed by atoms with Crippen molar-refractivity contribution >= 4 is 17.1 Å². The minimum atomic E-state index is -0.841. The van der Waals surface area contributed by atoms with Crippen molar-refractivity contribution in [2.45, 2.75) is 26.4 Å². The van der Waals surface area contributed by atoms with Crippen molar-refractivity contribution in [2.24, 2.45) is 0 Å². The minimum absolute atomic E-state index is 0.0990. The SMILES string of the molecule is CCN(CC(C)(C)O)c1ccc([N+](=O)[O-])c(N)c1.